The summed E-state index contributed by atoms with van der Waals surface area (Å²) in [5.74, 6) is -0.310. The zero-order valence-corrected chi connectivity index (χ0v) is 11.5. The number of carbonyl (C=O) groups excluding carboxylic acids is 1. The van der Waals surface area contributed by atoms with Crippen molar-refractivity contribution in [2.45, 2.75) is 20.3 Å². The minimum atomic E-state index is -0.310. The highest BCUT2D eigenvalue weighted by atomic mass is 32.1. The molecule has 0 aliphatic heterocycles. The molecule has 0 unspecified atom stereocenters. The van der Waals surface area contributed by atoms with Crippen LogP contribution < -0.4 is 10.6 Å². The monoisotopic (exact) mass is 266 g/mol. The number of hydrogen-bond donors (Lipinski definition) is 2. The van der Waals surface area contributed by atoms with E-state index in [-0.39, 0.29) is 5.97 Å². The number of carbonyl (C=O) groups is 1. The summed E-state index contributed by atoms with van der Waals surface area (Å²) in [4.78, 5) is 11.4. The highest BCUT2D eigenvalue weighted by Gasteiger charge is 2.05. The third kappa shape index (κ3) is 4.71. The van der Waals surface area contributed by atoms with Crippen molar-refractivity contribution in [2.24, 2.45) is 0 Å². The van der Waals surface area contributed by atoms with Gasteiger partial charge in [0.05, 0.1) is 12.2 Å². The van der Waals surface area contributed by atoms with Crippen molar-refractivity contribution in [1.82, 2.24) is 5.32 Å². The number of nitrogens with one attached hydrogen (secondary N) is 2. The molecule has 1 aromatic rings. The van der Waals surface area contributed by atoms with Crippen LogP contribution in [0.2, 0.25) is 0 Å². The second-order valence-corrected chi connectivity index (χ2v) is 4.09. The average molecular weight is 266 g/mol. The molecule has 4 nitrogen and oxygen atoms in total. The SMILES string of the molecule is CCCNC(=S)Nc1ccc(C(=O)OCC)cc1. The summed E-state index contributed by atoms with van der Waals surface area (Å²) in [6, 6.07) is 7.02. The summed E-state index contributed by atoms with van der Waals surface area (Å²) in [6.45, 7) is 5.08. The zero-order chi connectivity index (χ0) is 13.4. The smallest absolute Gasteiger partial charge is 0.338 e. The van der Waals surface area contributed by atoms with E-state index in [1.54, 1.807) is 31.2 Å². The summed E-state index contributed by atoms with van der Waals surface area (Å²) in [5.41, 5.74) is 1.38. The molecule has 5 heteroatoms. The lowest BCUT2D eigenvalue weighted by Crippen LogP contribution is -2.28. The van der Waals surface area contributed by atoms with Crippen LogP contribution in [0, 0.1) is 0 Å². The van der Waals surface area contributed by atoms with Gasteiger partial charge in [-0.2, -0.15) is 0 Å². The molecular formula is C13H18N2O2S. The summed E-state index contributed by atoms with van der Waals surface area (Å²) in [6.07, 6.45) is 1.02. The Bertz CT molecular complexity index is 404. The Balaban J connectivity index is 2.55. The van der Waals surface area contributed by atoms with Crippen LogP contribution in [0.3, 0.4) is 0 Å². The predicted octanol–water partition coefficient (Wildman–Crippen LogP) is 2.56. The van der Waals surface area contributed by atoms with E-state index in [9.17, 15) is 4.79 Å². The highest BCUT2D eigenvalue weighted by Crippen LogP contribution is 2.10. The van der Waals surface area contributed by atoms with Crippen LogP contribution in [0.1, 0.15) is 30.6 Å². The van der Waals surface area contributed by atoms with Gasteiger partial charge in [0.1, 0.15) is 0 Å². The minimum absolute atomic E-state index is 0.310. The number of benzene rings is 1. The fraction of sp³-hybridized carbons (Fsp3) is 0.385. The standard InChI is InChI=1S/C13H18N2O2S/c1-3-9-14-13(18)15-11-7-5-10(6-8-11)12(16)17-4-2/h5-8H,3-4,9H2,1-2H3,(H2,14,15,18). The molecule has 0 aromatic heterocycles. The number of rotatable bonds is 5. The molecule has 18 heavy (non-hydrogen) atoms. The van der Waals surface area contributed by atoms with Gasteiger partial charge in [-0.1, -0.05) is 6.92 Å². The molecule has 0 bridgehead atoms. The molecule has 0 aliphatic carbocycles. The van der Waals surface area contributed by atoms with Crippen LogP contribution >= 0.6 is 12.2 Å². The molecule has 0 radical (unpaired) electrons. The Hall–Kier alpha value is -1.62. The second-order valence-electron chi connectivity index (χ2n) is 3.68. The fourth-order valence-corrected chi connectivity index (χ4v) is 1.54. The molecule has 0 spiro atoms. The van der Waals surface area contributed by atoms with Gasteiger partial charge in [0, 0.05) is 12.2 Å². The third-order valence-corrected chi connectivity index (χ3v) is 2.44. The third-order valence-electron chi connectivity index (χ3n) is 2.19. The van der Waals surface area contributed by atoms with E-state index in [2.05, 4.69) is 17.6 Å². The number of thiocarbonyl (C=S) groups is 1. The Labute approximate surface area is 113 Å². The maximum Gasteiger partial charge on any atom is 0.338 e. The molecule has 1 rings (SSSR count). The lowest BCUT2D eigenvalue weighted by atomic mass is 10.2. The molecular weight excluding hydrogens is 248 g/mol. The van der Waals surface area contributed by atoms with Crippen LogP contribution in [0.4, 0.5) is 5.69 Å². The van der Waals surface area contributed by atoms with Gasteiger partial charge >= 0.3 is 5.97 Å². The normalized spacial score (nSPS) is 9.67. The first-order valence-corrected chi connectivity index (χ1v) is 6.40. The van der Waals surface area contributed by atoms with Gasteiger partial charge in [0.2, 0.25) is 0 Å². The lowest BCUT2D eigenvalue weighted by molar-refractivity contribution is 0.0526. The average Bonchev–Trinajstić information content (AvgIpc) is 2.37. The lowest BCUT2D eigenvalue weighted by Gasteiger charge is -2.10. The van der Waals surface area contributed by atoms with Crippen LogP contribution in [0.5, 0.6) is 0 Å². The van der Waals surface area contributed by atoms with Crippen molar-refractivity contribution in [2.75, 3.05) is 18.5 Å². The molecule has 1 aromatic carbocycles. The van der Waals surface area contributed by atoms with Crippen molar-refractivity contribution in [3.63, 3.8) is 0 Å². The summed E-state index contributed by atoms with van der Waals surface area (Å²) in [7, 11) is 0. The van der Waals surface area contributed by atoms with Gasteiger partial charge in [-0.3, -0.25) is 0 Å². The molecule has 98 valence electrons. The van der Waals surface area contributed by atoms with Crippen LogP contribution in [0.25, 0.3) is 0 Å². The van der Waals surface area contributed by atoms with Crippen LogP contribution in [-0.2, 0) is 4.74 Å². The van der Waals surface area contributed by atoms with Crippen molar-refractivity contribution in [3.8, 4) is 0 Å². The molecule has 0 fully saturated rings. The molecule has 0 heterocycles. The van der Waals surface area contributed by atoms with Gasteiger partial charge in [-0.05, 0) is 49.8 Å². The van der Waals surface area contributed by atoms with Gasteiger partial charge in [-0.15, -0.1) is 0 Å². The van der Waals surface area contributed by atoms with E-state index in [1.165, 1.54) is 0 Å². The topological polar surface area (TPSA) is 50.4 Å². The van der Waals surface area contributed by atoms with E-state index >= 15 is 0 Å². The number of esters is 1. The van der Waals surface area contributed by atoms with E-state index in [0.29, 0.717) is 17.3 Å². The Morgan fingerprint density at radius 1 is 1.28 bits per heavy atom. The van der Waals surface area contributed by atoms with Gasteiger partial charge in [0.25, 0.3) is 0 Å². The Morgan fingerprint density at radius 3 is 2.50 bits per heavy atom. The summed E-state index contributed by atoms with van der Waals surface area (Å²) in [5, 5.41) is 6.69. The maximum absolute atomic E-state index is 11.4. The van der Waals surface area contributed by atoms with Gasteiger partial charge in [0.15, 0.2) is 5.11 Å². The summed E-state index contributed by atoms with van der Waals surface area (Å²) < 4.78 is 4.90. The van der Waals surface area contributed by atoms with E-state index < -0.39 is 0 Å². The first-order chi connectivity index (χ1) is 8.67. The van der Waals surface area contributed by atoms with Gasteiger partial charge in [-0.25, -0.2) is 4.79 Å². The van der Waals surface area contributed by atoms with Gasteiger partial charge < -0.3 is 15.4 Å². The molecule has 2 N–H and O–H groups in total. The quantitative estimate of drug-likeness (QED) is 0.633. The fourth-order valence-electron chi connectivity index (χ4n) is 1.32. The maximum atomic E-state index is 11.4. The number of hydrogen-bond acceptors (Lipinski definition) is 3. The molecule has 0 amide bonds. The second kappa shape index (κ2) is 7.66. The predicted molar refractivity (Wildman–Crippen MR) is 76.9 cm³/mol. The molecule has 0 saturated carbocycles. The first kappa shape index (κ1) is 14.4. The molecule has 0 aliphatic rings. The Kier molecular flexibility index (Phi) is 6.14. The van der Waals surface area contributed by atoms with E-state index in [1.807, 2.05) is 0 Å². The van der Waals surface area contributed by atoms with Crippen LogP contribution in [-0.4, -0.2) is 24.2 Å². The van der Waals surface area contributed by atoms with E-state index in [0.717, 1.165) is 18.7 Å². The van der Waals surface area contributed by atoms with Crippen LogP contribution in [0.15, 0.2) is 24.3 Å². The summed E-state index contributed by atoms with van der Waals surface area (Å²) >= 11 is 5.11. The first-order valence-electron chi connectivity index (χ1n) is 5.99. The van der Waals surface area contributed by atoms with Crippen molar-refractivity contribution >= 4 is 29.0 Å². The van der Waals surface area contributed by atoms with Crippen molar-refractivity contribution in [1.29, 1.82) is 0 Å². The number of ether oxygens (including phenoxy) is 1. The van der Waals surface area contributed by atoms with E-state index in [4.69, 9.17) is 17.0 Å². The Morgan fingerprint density at radius 2 is 1.94 bits per heavy atom. The van der Waals surface area contributed by atoms with Crippen molar-refractivity contribution < 1.29 is 9.53 Å². The number of anilines is 1. The highest BCUT2D eigenvalue weighted by molar-refractivity contribution is 7.80. The molecule has 0 atom stereocenters. The largest absolute Gasteiger partial charge is 0.462 e. The zero-order valence-electron chi connectivity index (χ0n) is 10.7. The van der Waals surface area contributed by atoms with Crippen molar-refractivity contribution in [3.05, 3.63) is 29.8 Å². The molecule has 0 saturated heterocycles. The minimum Gasteiger partial charge on any atom is -0.462 e.